The van der Waals surface area contributed by atoms with Crippen molar-refractivity contribution < 1.29 is 0 Å². The van der Waals surface area contributed by atoms with Gasteiger partial charge in [0.1, 0.15) is 5.65 Å². The summed E-state index contributed by atoms with van der Waals surface area (Å²) in [5.41, 5.74) is 6.08. The number of pyridine rings is 1. The van der Waals surface area contributed by atoms with Crippen molar-refractivity contribution in [1.29, 1.82) is 0 Å². The lowest BCUT2D eigenvalue weighted by atomic mass is 10.1. The molecule has 6 rings (SSSR count). The van der Waals surface area contributed by atoms with Gasteiger partial charge >= 0.3 is 0 Å². The number of nitrogens with zero attached hydrogens (tertiary/aromatic N) is 4. The van der Waals surface area contributed by atoms with Crippen LogP contribution in [0.15, 0.2) is 89.5 Å². The van der Waals surface area contributed by atoms with Gasteiger partial charge in [0, 0.05) is 38.1 Å². The summed E-state index contributed by atoms with van der Waals surface area (Å²) in [5.74, 6) is 2.67. The molecule has 0 saturated carbocycles. The first-order valence-corrected chi connectivity index (χ1v) is 13.2. The van der Waals surface area contributed by atoms with Crippen LogP contribution in [0, 0.1) is 0 Å². The van der Waals surface area contributed by atoms with Gasteiger partial charge in [-0.1, -0.05) is 71.4 Å². The van der Waals surface area contributed by atoms with Gasteiger partial charge in [0.25, 0.3) is 0 Å². The molecule has 0 aliphatic rings. The van der Waals surface area contributed by atoms with E-state index in [4.69, 9.17) is 15.0 Å². The lowest BCUT2D eigenvalue weighted by Gasteiger charge is -2.11. The van der Waals surface area contributed by atoms with Crippen LogP contribution in [0.4, 0.5) is 0 Å². The van der Waals surface area contributed by atoms with E-state index in [9.17, 15) is 0 Å². The average Bonchev–Trinajstić information content (AvgIpc) is 3.20. The molecule has 0 fully saturated rings. The van der Waals surface area contributed by atoms with Gasteiger partial charge in [-0.3, -0.25) is 4.57 Å². The van der Waals surface area contributed by atoms with E-state index in [1.807, 2.05) is 60.4 Å². The van der Waals surface area contributed by atoms with Crippen LogP contribution in [0.3, 0.4) is 0 Å². The summed E-state index contributed by atoms with van der Waals surface area (Å²) in [6.07, 6.45) is 1.83. The SMILES string of the molecule is CCSCc1cc2c3cccnc3n(-c3nc(-c4ccccc4)c4ccccc4n3)c2cc1Br. The van der Waals surface area contributed by atoms with Crippen LogP contribution in [0.25, 0.3) is 50.0 Å². The molecular weight excluding hydrogens is 504 g/mol. The fourth-order valence-electron chi connectivity index (χ4n) is 4.41. The molecule has 0 radical (unpaired) electrons. The van der Waals surface area contributed by atoms with Crippen molar-refractivity contribution in [1.82, 2.24) is 19.5 Å². The lowest BCUT2D eigenvalue weighted by molar-refractivity contribution is 0.997. The Balaban J connectivity index is 1.68. The van der Waals surface area contributed by atoms with Crippen molar-refractivity contribution >= 4 is 60.5 Å². The molecule has 3 heterocycles. The highest BCUT2D eigenvalue weighted by atomic mass is 79.9. The first kappa shape index (κ1) is 21.3. The Labute approximate surface area is 210 Å². The van der Waals surface area contributed by atoms with Gasteiger partial charge in [0.05, 0.1) is 16.7 Å². The lowest BCUT2D eigenvalue weighted by Crippen LogP contribution is -2.04. The Morgan fingerprint density at radius 3 is 2.50 bits per heavy atom. The molecule has 0 unspecified atom stereocenters. The fraction of sp³-hybridized carbons (Fsp3) is 0.107. The van der Waals surface area contributed by atoms with Crippen LogP contribution in [-0.4, -0.2) is 25.3 Å². The number of rotatable bonds is 5. The van der Waals surface area contributed by atoms with Crippen molar-refractivity contribution in [3.8, 4) is 17.2 Å². The topological polar surface area (TPSA) is 43.6 Å². The highest BCUT2D eigenvalue weighted by molar-refractivity contribution is 9.10. The van der Waals surface area contributed by atoms with Gasteiger partial charge in [-0.2, -0.15) is 11.8 Å². The molecule has 3 aromatic carbocycles. The Morgan fingerprint density at radius 2 is 1.65 bits per heavy atom. The number of halogens is 1. The molecule has 0 aliphatic carbocycles. The number of thioether (sulfide) groups is 1. The summed E-state index contributed by atoms with van der Waals surface area (Å²) >= 11 is 5.73. The van der Waals surface area contributed by atoms with Crippen molar-refractivity contribution in [2.75, 3.05) is 5.75 Å². The second-order valence-corrected chi connectivity index (χ2v) is 10.2. The van der Waals surface area contributed by atoms with Crippen LogP contribution in [0.2, 0.25) is 0 Å². The number of fused-ring (bicyclic) bond motifs is 4. The zero-order valence-electron chi connectivity index (χ0n) is 18.6. The average molecular weight is 525 g/mol. The highest BCUT2D eigenvalue weighted by Crippen LogP contribution is 2.36. The monoisotopic (exact) mass is 524 g/mol. The van der Waals surface area contributed by atoms with E-state index in [0.717, 1.165) is 60.1 Å². The molecule has 34 heavy (non-hydrogen) atoms. The highest BCUT2D eigenvalue weighted by Gasteiger charge is 2.19. The molecule has 6 heteroatoms. The number of hydrogen-bond acceptors (Lipinski definition) is 4. The minimum atomic E-state index is 0.624. The van der Waals surface area contributed by atoms with Crippen LogP contribution in [0.5, 0.6) is 0 Å². The third kappa shape index (κ3) is 3.58. The maximum Gasteiger partial charge on any atom is 0.237 e. The van der Waals surface area contributed by atoms with Gasteiger partial charge < -0.3 is 0 Å². The van der Waals surface area contributed by atoms with Crippen molar-refractivity contribution in [2.45, 2.75) is 12.7 Å². The van der Waals surface area contributed by atoms with E-state index in [2.05, 4.69) is 63.8 Å². The van der Waals surface area contributed by atoms with Crippen molar-refractivity contribution in [2.24, 2.45) is 0 Å². The molecule has 0 N–H and O–H groups in total. The Kier molecular flexibility index (Phi) is 5.55. The predicted octanol–water partition coefficient (Wildman–Crippen LogP) is 7.80. The van der Waals surface area contributed by atoms with Gasteiger partial charge in [0.15, 0.2) is 0 Å². The third-order valence-electron chi connectivity index (χ3n) is 5.99. The Hall–Kier alpha value is -3.22. The summed E-state index contributed by atoms with van der Waals surface area (Å²) in [6, 6.07) is 27.1. The molecule has 4 nitrogen and oxygen atoms in total. The number of para-hydroxylation sites is 1. The summed E-state index contributed by atoms with van der Waals surface area (Å²) in [5, 5.41) is 3.30. The summed E-state index contributed by atoms with van der Waals surface area (Å²) in [7, 11) is 0. The van der Waals surface area contributed by atoms with Crippen LogP contribution in [-0.2, 0) is 5.75 Å². The smallest absolute Gasteiger partial charge is 0.237 e. The maximum absolute atomic E-state index is 5.11. The van der Waals surface area contributed by atoms with Gasteiger partial charge in [-0.25, -0.2) is 15.0 Å². The number of benzene rings is 3. The molecule has 166 valence electrons. The van der Waals surface area contributed by atoms with Crippen molar-refractivity contribution in [3.05, 3.63) is 95.1 Å². The minimum absolute atomic E-state index is 0.624. The van der Waals surface area contributed by atoms with Gasteiger partial charge in [-0.15, -0.1) is 0 Å². The summed E-state index contributed by atoms with van der Waals surface area (Å²) < 4.78 is 3.18. The molecule has 3 aromatic heterocycles. The second kappa shape index (κ2) is 8.85. The number of hydrogen-bond donors (Lipinski definition) is 0. The quantitative estimate of drug-likeness (QED) is 0.230. The van der Waals surface area contributed by atoms with E-state index in [1.54, 1.807) is 0 Å². The van der Waals surface area contributed by atoms with Gasteiger partial charge in [0.2, 0.25) is 5.95 Å². The first-order chi connectivity index (χ1) is 16.7. The second-order valence-electron chi connectivity index (χ2n) is 8.06. The van der Waals surface area contributed by atoms with E-state index < -0.39 is 0 Å². The Bertz CT molecular complexity index is 1660. The van der Waals surface area contributed by atoms with E-state index in [0.29, 0.717) is 5.95 Å². The molecule has 0 bridgehead atoms. The predicted molar refractivity (Wildman–Crippen MR) is 147 cm³/mol. The largest absolute Gasteiger partial charge is 0.262 e. The van der Waals surface area contributed by atoms with E-state index in [-0.39, 0.29) is 0 Å². The minimum Gasteiger partial charge on any atom is -0.262 e. The van der Waals surface area contributed by atoms with E-state index >= 15 is 0 Å². The molecule has 0 aliphatic heterocycles. The molecule has 0 spiro atoms. The Morgan fingerprint density at radius 1 is 0.853 bits per heavy atom. The summed E-state index contributed by atoms with van der Waals surface area (Å²) in [6.45, 7) is 2.19. The molecule has 0 atom stereocenters. The van der Waals surface area contributed by atoms with Crippen molar-refractivity contribution in [3.63, 3.8) is 0 Å². The van der Waals surface area contributed by atoms with Crippen LogP contribution in [0.1, 0.15) is 12.5 Å². The number of aromatic nitrogens is 4. The molecule has 0 saturated heterocycles. The zero-order valence-corrected chi connectivity index (χ0v) is 21.0. The summed E-state index contributed by atoms with van der Waals surface area (Å²) in [4.78, 5) is 14.9. The standard InChI is InChI=1S/C28H21BrN4S/c1-2-34-17-19-15-22-20-12-8-14-30-27(20)33(25(22)16-23(19)29)28-31-24-13-7-6-11-21(24)26(32-28)18-9-4-3-5-10-18/h3-16H,2,17H2,1H3. The maximum atomic E-state index is 5.11. The van der Waals surface area contributed by atoms with Crippen LogP contribution < -0.4 is 0 Å². The third-order valence-corrected chi connectivity index (χ3v) is 7.66. The molecule has 0 amide bonds. The van der Waals surface area contributed by atoms with Gasteiger partial charge in [-0.05, 0) is 41.6 Å². The van der Waals surface area contributed by atoms with Crippen LogP contribution >= 0.6 is 27.7 Å². The zero-order chi connectivity index (χ0) is 23.1. The first-order valence-electron chi connectivity index (χ1n) is 11.2. The molecular formula is C28H21BrN4S. The van der Waals surface area contributed by atoms with E-state index in [1.165, 1.54) is 5.56 Å². The normalized spacial score (nSPS) is 11.6. The fourth-order valence-corrected chi connectivity index (χ4v) is 5.73. The molecule has 6 aromatic rings.